The van der Waals surface area contributed by atoms with Crippen LogP contribution in [-0.2, 0) is 0 Å². The van der Waals surface area contributed by atoms with E-state index in [1.165, 1.54) is 18.4 Å². The molecule has 14 heavy (non-hydrogen) atoms. The first-order valence-corrected chi connectivity index (χ1v) is 5.93. The molecule has 1 unspecified atom stereocenters. The Bertz CT molecular complexity index is 256. The maximum absolute atomic E-state index is 5.59. The van der Waals surface area contributed by atoms with Gasteiger partial charge in [0.25, 0.3) is 0 Å². The molecule has 0 amide bonds. The summed E-state index contributed by atoms with van der Waals surface area (Å²) in [5, 5.41) is 0.571. The van der Waals surface area contributed by atoms with E-state index in [0.717, 1.165) is 5.75 Å². The zero-order valence-corrected chi connectivity index (χ0v) is 9.93. The van der Waals surface area contributed by atoms with Crippen LogP contribution in [0.5, 0.6) is 5.75 Å². The van der Waals surface area contributed by atoms with Gasteiger partial charge in [-0.05, 0) is 25.5 Å². The van der Waals surface area contributed by atoms with Gasteiger partial charge in [0.15, 0.2) is 0 Å². The van der Waals surface area contributed by atoms with Crippen molar-refractivity contribution in [2.45, 2.75) is 38.9 Å². The van der Waals surface area contributed by atoms with Crippen molar-refractivity contribution in [1.29, 1.82) is 0 Å². The molecule has 78 valence electrons. The molecule has 0 aromatic heterocycles. The highest BCUT2D eigenvalue weighted by atomic mass is 32.2. The smallest absolute Gasteiger partial charge is 0.137 e. The molecule has 0 heterocycles. The summed E-state index contributed by atoms with van der Waals surface area (Å²) >= 11 is 1.56. The van der Waals surface area contributed by atoms with Crippen LogP contribution in [0.3, 0.4) is 0 Å². The van der Waals surface area contributed by atoms with Gasteiger partial charge in [-0.3, -0.25) is 0 Å². The third kappa shape index (κ3) is 4.05. The summed E-state index contributed by atoms with van der Waals surface area (Å²) in [4.78, 5) is 0. The summed E-state index contributed by atoms with van der Waals surface area (Å²) in [7, 11) is 0. The minimum absolute atomic E-state index is 0.571. The fourth-order valence-electron chi connectivity index (χ4n) is 1.19. The lowest BCUT2D eigenvalue weighted by Gasteiger charge is -2.09. The van der Waals surface area contributed by atoms with Crippen LogP contribution in [0.1, 0.15) is 32.3 Å². The maximum atomic E-state index is 5.59. The quantitative estimate of drug-likeness (QED) is 0.673. The molecule has 1 rings (SSSR count). The Morgan fingerprint density at radius 2 is 1.93 bits per heavy atom. The molecule has 0 spiro atoms. The van der Waals surface area contributed by atoms with Crippen LogP contribution in [0.2, 0.25) is 0 Å². The fraction of sp³-hybridized carbons (Fsp3) is 0.500. The van der Waals surface area contributed by atoms with Crippen molar-refractivity contribution >= 4 is 12.0 Å². The highest BCUT2D eigenvalue weighted by Crippen LogP contribution is 2.22. The molecule has 0 aliphatic heterocycles. The Labute approximate surface area is 91.1 Å². The molecule has 0 fully saturated rings. The zero-order chi connectivity index (χ0) is 10.4. The average Bonchev–Trinajstić information content (AvgIpc) is 2.17. The van der Waals surface area contributed by atoms with E-state index < -0.39 is 0 Å². The van der Waals surface area contributed by atoms with Crippen LogP contribution in [-0.4, -0.2) is 5.25 Å². The van der Waals surface area contributed by atoms with E-state index in [0.29, 0.717) is 5.25 Å². The summed E-state index contributed by atoms with van der Waals surface area (Å²) in [6.07, 6.45) is 2.42. The third-order valence-electron chi connectivity index (χ3n) is 2.02. The van der Waals surface area contributed by atoms with Crippen molar-refractivity contribution in [1.82, 2.24) is 0 Å². The monoisotopic (exact) mass is 210 g/mol. The van der Waals surface area contributed by atoms with E-state index in [1.54, 1.807) is 12.0 Å². The van der Waals surface area contributed by atoms with Gasteiger partial charge in [-0.1, -0.05) is 38.0 Å². The van der Waals surface area contributed by atoms with Crippen LogP contribution >= 0.6 is 12.0 Å². The van der Waals surface area contributed by atoms with Crippen molar-refractivity contribution in [2.75, 3.05) is 0 Å². The highest BCUT2D eigenvalue weighted by Gasteiger charge is 2.02. The molecule has 1 aromatic carbocycles. The third-order valence-corrected chi connectivity index (χ3v) is 2.88. The minimum Gasteiger partial charge on any atom is -0.426 e. The van der Waals surface area contributed by atoms with Gasteiger partial charge in [-0.25, -0.2) is 0 Å². The van der Waals surface area contributed by atoms with Crippen molar-refractivity contribution in [3.63, 3.8) is 0 Å². The Hall–Kier alpha value is -0.630. The summed E-state index contributed by atoms with van der Waals surface area (Å²) in [6, 6.07) is 8.17. The standard InChI is InChI=1S/C12H18OS/c1-4-5-11(3)14-13-12-8-6-10(2)7-9-12/h6-9,11H,4-5H2,1-3H3. The van der Waals surface area contributed by atoms with Gasteiger partial charge in [-0.2, -0.15) is 0 Å². The lowest BCUT2D eigenvalue weighted by atomic mass is 10.2. The van der Waals surface area contributed by atoms with Gasteiger partial charge in [-0.15, -0.1) is 0 Å². The van der Waals surface area contributed by atoms with Crippen LogP contribution in [0.4, 0.5) is 0 Å². The first kappa shape index (κ1) is 11.4. The second kappa shape index (κ2) is 5.97. The van der Waals surface area contributed by atoms with Crippen LogP contribution < -0.4 is 4.18 Å². The molecule has 0 saturated carbocycles. The Kier molecular flexibility index (Phi) is 4.88. The van der Waals surface area contributed by atoms with Gasteiger partial charge < -0.3 is 4.18 Å². The molecule has 0 aliphatic carbocycles. The van der Waals surface area contributed by atoms with E-state index in [9.17, 15) is 0 Å². The zero-order valence-electron chi connectivity index (χ0n) is 9.12. The molecular formula is C12H18OS. The van der Waals surface area contributed by atoms with E-state index in [1.807, 2.05) is 12.1 Å². The predicted octanol–water partition coefficient (Wildman–Crippen LogP) is 4.21. The van der Waals surface area contributed by atoms with Gasteiger partial charge >= 0.3 is 0 Å². The number of hydrogen-bond donors (Lipinski definition) is 0. The number of benzene rings is 1. The molecule has 0 saturated heterocycles. The summed E-state index contributed by atoms with van der Waals surface area (Å²) in [5.41, 5.74) is 1.27. The first-order chi connectivity index (χ1) is 6.72. The van der Waals surface area contributed by atoms with Crippen molar-refractivity contribution in [3.8, 4) is 5.75 Å². The topological polar surface area (TPSA) is 9.23 Å². The van der Waals surface area contributed by atoms with E-state index in [4.69, 9.17) is 4.18 Å². The number of aryl methyl sites for hydroxylation is 1. The molecule has 1 nitrogen and oxygen atoms in total. The second-order valence-corrected chi connectivity index (χ2v) is 4.76. The average molecular weight is 210 g/mol. The molecule has 1 atom stereocenters. The van der Waals surface area contributed by atoms with Gasteiger partial charge in [0.1, 0.15) is 5.75 Å². The Balaban J connectivity index is 2.34. The van der Waals surface area contributed by atoms with Gasteiger partial charge in [0.2, 0.25) is 0 Å². The Morgan fingerprint density at radius 1 is 1.29 bits per heavy atom. The summed E-state index contributed by atoms with van der Waals surface area (Å²) in [6.45, 7) is 6.47. The Morgan fingerprint density at radius 3 is 2.50 bits per heavy atom. The lowest BCUT2D eigenvalue weighted by molar-refractivity contribution is 0.627. The van der Waals surface area contributed by atoms with Crippen LogP contribution in [0.15, 0.2) is 24.3 Å². The fourth-order valence-corrected chi connectivity index (χ4v) is 1.90. The molecule has 0 aliphatic rings. The predicted molar refractivity (Wildman–Crippen MR) is 63.8 cm³/mol. The van der Waals surface area contributed by atoms with Crippen LogP contribution in [0.25, 0.3) is 0 Å². The lowest BCUT2D eigenvalue weighted by Crippen LogP contribution is -1.97. The first-order valence-electron chi connectivity index (χ1n) is 5.12. The molecule has 0 bridgehead atoms. The summed E-state index contributed by atoms with van der Waals surface area (Å²) in [5.74, 6) is 0.948. The van der Waals surface area contributed by atoms with Gasteiger partial charge in [0.05, 0.1) is 12.0 Å². The van der Waals surface area contributed by atoms with Crippen molar-refractivity contribution in [2.24, 2.45) is 0 Å². The normalized spacial score (nSPS) is 12.5. The SMILES string of the molecule is CCCC(C)SOc1ccc(C)cc1. The molecular weight excluding hydrogens is 192 g/mol. The van der Waals surface area contributed by atoms with E-state index >= 15 is 0 Å². The van der Waals surface area contributed by atoms with E-state index in [2.05, 4.69) is 32.9 Å². The van der Waals surface area contributed by atoms with Crippen LogP contribution in [0, 0.1) is 6.92 Å². The molecule has 0 radical (unpaired) electrons. The summed E-state index contributed by atoms with van der Waals surface area (Å²) < 4.78 is 5.59. The number of rotatable bonds is 5. The largest absolute Gasteiger partial charge is 0.426 e. The molecule has 2 heteroatoms. The maximum Gasteiger partial charge on any atom is 0.137 e. The molecule has 0 N–H and O–H groups in total. The molecule has 1 aromatic rings. The number of hydrogen-bond acceptors (Lipinski definition) is 2. The second-order valence-electron chi connectivity index (χ2n) is 3.59. The van der Waals surface area contributed by atoms with Gasteiger partial charge in [0, 0.05) is 5.25 Å². The highest BCUT2D eigenvalue weighted by molar-refractivity contribution is 7.95. The minimum atomic E-state index is 0.571. The van der Waals surface area contributed by atoms with Crippen molar-refractivity contribution in [3.05, 3.63) is 29.8 Å². The van der Waals surface area contributed by atoms with E-state index in [-0.39, 0.29) is 0 Å². The van der Waals surface area contributed by atoms with Crippen molar-refractivity contribution < 1.29 is 4.18 Å².